The number of ether oxygens (including phenoxy) is 1. The van der Waals surface area contributed by atoms with Gasteiger partial charge in [-0.15, -0.1) is 0 Å². The fourth-order valence-corrected chi connectivity index (χ4v) is 12.4. The van der Waals surface area contributed by atoms with Crippen LogP contribution in [0.1, 0.15) is 138 Å². The van der Waals surface area contributed by atoms with Crippen molar-refractivity contribution in [1.82, 2.24) is 0 Å². The van der Waals surface area contributed by atoms with E-state index in [1.54, 1.807) is 0 Å². The lowest BCUT2D eigenvalue weighted by molar-refractivity contribution is -0.250. The first-order chi connectivity index (χ1) is 18.7. The number of rotatable bonds is 7. The van der Waals surface area contributed by atoms with E-state index in [0.717, 1.165) is 64.2 Å². The highest BCUT2D eigenvalue weighted by Crippen LogP contribution is 2.77. The second kappa shape index (κ2) is 10.1. The lowest BCUT2D eigenvalue weighted by Crippen LogP contribution is -2.67. The van der Waals surface area contributed by atoms with Crippen LogP contribution >= 0.6 is 0 Å². The average molecular weight is 555 g/mol. The average Bonchev–Trinajstić information content (AvgIpc) is 3.28. The van der Waals surface area contributed by atoms with Crippen LogP contribution in [-0.4, -0.2) is 23.1 Å². The summed E-state index contributed by atoms with van der Waals surface area (Å²) in [6.07, 6.45) is 14.2. The number of aliphatic carboxylic acids is 1. The fourth-order valence-electron chi connectivity index (χ4n) is 12.4. The Morgan fingerprint density at radius 1 is 0.850 bits per heavy atom. The molecule has 0 amide bonds. The van der Waals surface area contributed by atoms with Gasteiger partial charge in [0.15, 0.2) is 0 Å². The largest absolute Gasteiger partial charge is 0.481 e. The summed E-state index contributed by atoms with van der Waals surface area (Å²) in [5.74, 6) is 1.64. The Hall–Kier alpha value is -1.32. The summed E-state index contributed by atoms with van der Waals surface area (Å²) in [5.41, 5.74) is 1.18. The number of allylic oxidation sites excluding steroid dienone is 1. The molecule has 0 aliphatic heterocycles. The zero-order valence-corrected chi connectivity index (χ0v) is 26.7. The van der Waals surface area contributed by atoms with E-state index in [9.17, 15) is 14.7 Å². The molecule has 40 heavy (non-hydrogen) atoms. The molecule has 10 atom stereocenters. The Kier molecular flexibility index (Phi) is 7.65. The molecule has 0 aromatic rings. The Morgan fingerprint density at radius 3 is 2.23 bits per heavy atom. The van der Waals surface area contributed by atoms with Gasteiger partial charge in [0.05, 0.1) is 5.41 Å². The molecule has 5 fully saturated rings. The van der Waals surface area contributed by atoms with Crippen molar-refractivity contribution in [2.75, 3.05) is 0 Å². The van der Waals surface area contributed by atoms with Gasteiger partial charge in [-0.1, -0.05) is 66.5 Å². The molecule has 4 nitrogen and oxygen atoms in total. The van der Waals surface area contributed by atoms with E-state index in [0.29, 0.717) is 30.1 Å². The minimum Gasteiger partial charge on any atom is -0.481 e. The molecule has 0 radical (unpaired) electrons. The summed E-state index contributed by atoms with van der Waals surface area (Å²) in [6, 6.07) is 0. The van der Waals surface area contributed by atoms with Gasteiger partial charge >= 0.3 is 11.9 Å². The standard InChI is InChI=1S/C36H58O4/c1-9-10-11-12-29(37)40-28-17-18-33(6)26(32(28,4)5)16-19-35(8)27(33)14-13-25-30-24(23(2)3)15-20-36(30,31(38)39)22-21-34(25,35)7/h24-28,30H,2,9-22H2,1,3-8H3,(H,38,39)/t24-,25+,26-,27+,28-,30+,33-,34+,35+,36-/m0/s1. The van der Waals surface area contributed by atoms with Crippen molar-refractivity contribution in [3.8, 4) is 0 Å². The van der Waals surface area contributed by atoms with E-state index in [-0.39, 0.29) is 39.7 Å². The lowest BCUT2D eigenvalue weighted by atomic mass is 9.32. The molecule has 0 aromatic heterocycles. The molecule has 0 aromatic carbocycles. The molecule has 1 N–H and O–H groups in total. The highest BCUT2D eigenvalue weighted by Gasteiger charge is 2.72. The minimum absolute atomic E-state index is 0.00320. The molecule has 0 spiro atoms. The van der Waals surface area contributed by atoms with Crippen LogP contribution in [0.2, 0.25) is 0 Å². The maximum absolute atomic E-state index is 12.9. The number of carbonyl (C=O) groups is 2. The van der Waals surface area contributed by atoms with E-state index in [1.807, 2.05) is 0 Å². The van der Waals surface area contributed by atoms with E-state index in [1.165, 1.54) is 24.8 Å². The zero-order chi connectivity index (χ0) is 29.3. The second-order valence-corrected chi connectivity index (χ2v) is 16.4. The molecule has 5 saturated carbocycles. The summed E-state index contributed by atoms with van der Waals surface area (Å²) in [4.78, 5) is 25.7. The third-order valence-electron chi connectivity index (χ3n) is 14.7. The number of unbranched alkanes of at least 4 members (excludes halogenated alkanes) is 2. The van der Waals surface area contributed by atoms with Crippen LogP contribution < -0.4 is 0 Å². The first-order valence-electron chi connectivity index (χ1n) is 16.8. The second-order valence-electron chi connectivity index (χ2n) is 16.4. The first kappa shape index (κ1) is 30.1. The van der Waals surface area contributed by atoms with E-state index in [2.05, 4.69) is 55.0 Å². The van der Waals surface area contributed by atoms with Crippen LogP contribution in [0.5, 0.6) is 0 Å². The summed E-state index contributed by atoms with van der Waals surface area (Å²) in [5, 5.41) is 10.6. The van der Waals surface area contributed by atoms with E-state index >= 15 is 0 Å². The van der Waals surface area contributed by atoms with Crippen molar-refractivity contribution < 1.29 is 19.4 Å². The van der Waals surface area contributed by atoms with Gasteiger partial charge in [-0.25, -0.2) is 0 Å². The molecule has 4 heteroatoms. The number of hydrogen-bond donors (Lipinski definition) is 1. The fraction of sp³-hybridized carbons (Fsp3) is 0.889. The van der Waals surface area contributed by atoms with Gasteiger partial charge in [0.1, 0.15) is 6.10 Å². The molecular weight excluding hydrogens is 496 g/mol. The van der Waals surface area contributed by atoms with Gasteiger partial charge in [0, 0.05) is 11.8 Å². The minimum atomic E-state index is -0.556. The summed E-state index contributed by atoms with van der Waals surface area (Å²) in [6.45, 7) is 21.2. The van der Waals surface area contributed by atoms with Crippen molar-refractivity contribution in [3.05, 3.63) is 12.2 Å². The summed E-state index contributed by atoms with van der Waals surface area (Å²) < 4.78 is 6.23. The van der Waals surface area contributed by atoms with Crippen LogP contribution in [0.4, 0.5) is 0 Å². The smallest absolute Gasteiger partial charge is 0.309 e. The predicted molar refractivity (Wildman–Crippen MR) is 161 cm³/mol. The topological polar surface area (TPSA) is 63.6 Å². The molecule has 0 heterocycles. The number of hydrogen-bond acceptors (Lipinski definition) is 3. The van der Waals surface area contributed by atoms with E-state index < -0.39 is 11.4 Å². The number of carbonyl (C=O) groups excluding carboxylic acids is 1. The normalized spacial score (nSPS) is 47.3. The van der Waals surface area contributed by atoms with Crippen LogP contribution in [0.3, 0.4) is 0 Å². The van der Waals surface area contributed by atoms with Crippen molar-refractivity contribution in [2.24, 2.45) is 56.7 Å². The van der Waals surface area contributed by atoms with Crippen LogP contribution in [-0.2, 0) is 14.3 Å². The molecule has 226 valence electrons. The quantitative estimate of drug-likeness (QED) is 0.193. The van der Waals surface area contributed by atoms with E-state index in [4.69, 9.17) is 4.74 Å². The van der Waals surface area contributed by atoms with Crippen molar-refractivity contribution in [2.45, 2.75) is 144 Å². The Bertz CT molecular complexity index is 1030. The lowest BCUT2D eigenvalue weighted by Gasteiger charge is -2.72. The highest BCUT2D eigenvalue weighted by molar-refractivity contribution is 5.76. The van der Waals surface area contributed by atoms with Gasteiger partial charge in [-0.3, -0.25) is 9.59 Å². The van der Waals surface area contributed by atoms with Gasteiger partial charge in [0.25, 0.3) is 0 Å². The van der Waals surface area contributed by atoms with Gasteiger partial charge in [0.2, 0.25) is 0 Å². The molecule has 0 bridgehead atoms. The maximum Gasteiger partial charge on any atom is 0.309 e. The van der Waals surface area contributed by atoms with Crippen molar-refractivity contribution >= 4 is 11.9 Å². The maximum atomic E-state index is 12.9. The molecule has 5 rings (SSSR count). The third kappa shape index (κ3) is 4.10. The predicted octanol–water partition coefficient (Wildman–Crippen LogP) is 9.22. The first-order valence-corrected chi connectivity index (χ1v) is 16.8. The van der Waals surface area contributed by atoms with Crippen molar-refractivity contribution in [1.29, 1.82) is 0 Å². The zero-order valence-electron chi connectivity index (χ0n) is 26.7. The number of esters is 1. The summed E-state index contributed by atoms with van der Waals surface area (Å²) >= 11 is 0. The summed E-state index contributed by atoms with van der Waals surface area (Å²) in [7, 11) is 0. The third-order valence-corrected chi connectivity index (χ3v) is 14.7. The monoisotopic (exact) mass is 554 g/mol. The highest BCUT2D eigenvalue weighted by atomic mass is 16.5. The van der Waals surface area contributed by atoms with Gasteiger partial charge in [-0.05, 0) is 123 Å². The molecule has 0 unspecified atom stereocenters. The molecular formula is C36H58O4. The Balaban J connectivity index is 1.42. The van der Waals surface area contributed by atoms with Crippen LogP contribution in [0, 0.1) is 56.7 Å². The molecule has 5 aliphatic rings. The van der Waals surface area contributed by atoms with Crippen molar-refractivity contribution in [3.63, 3.8) is 0 Å². The number of carboxylic acid groups (broad SMARTS) is 1. The molecule has 5 aliphatic carbocycles. The Morgan fingerprint density at radius 2 is 1.57 bits per heavy atom. The SMILES string of the molecule is C=C(C)[C@@H]1CC[C@]2(C(=O)O)CC[C@]3(C)[C@H](CC[C@@H]4[C@@]5(C)CC[C@H](OC(=O)CCCCC)C(C)(C)[C@@H]5CC[C@]43C)[C@@H]12. The van der Waals surface area contributed by atoms with Gasteiger partial charge in [-0.2, -0.15) is 0 Å². The molecule has 0 saturated heterocycles. The number of carboxylic acids is 1. The Labute approximate surface area is 244 Å². The number of fused-ring (bicyclic) bond motifs is 7. The van der Waals surface area contributed by atoms with Crippen LogP contribution in [0.25, 0.3) is 0 Å². The van der Waals surface area contributed by atoms with Gasteiger partial charge < -0.3 is 9.84 Å². The van der Waals surface area contributed by atoms with Crippen LogP contribution in [0.15, 0.2) is 12.2 Å².